The molecule has 0 aromatic heterocycles. The maximum absolute atomic E-state index is 5.85. The van der Waals surface area contributed by atoms with Crippen molar-refractivity contribution in [2.75, 3.05) is 25.1 Å². The molecule has 3 nitrogen and oxygen atoms in total. The molecule has 1 N–H and O–H groups in total. The summed E-state index contributed by atoms with van der Waals surface area (Å²) in [6, 6.07) is 19.8. The van der Waals surface area contributed by atoms with E-state index in [4.69, 9.17) is 9.47 Å². The van der Waals surface area contributed by atoms with E-state index in [0.717, 1.165) is 70.4 Å². The van der Waals surface area contributed by atoms with E-state index in [1.807, 2.05) is 0 Å². The molecule has 34 heavy (non-hydrogen) atoms. The van der Waals surface area contributed by atoms with Gasteiger partial charge in [0.1, 0.15) is 0 Å². The van der Waals surface area contributed by atoms with E-state index in [2.05, 4.69) is 85.1 Å². The molecule has 1 atom stereocenters. The normalized spacial score (nSPS) is 18.9. The molecular weight excluding hydrogens is 418 g/mol. The summed E-state index contributed by atoms with van der Waals surface area (Å²) in [4.78, 5) is 0. The number of rotatable bonds is 11. The van der Waals surface area contributed by atoms with Gasteiger partial charge in [-0.05, 0) is 85.8 Å². The second-order valence-electron chi connectivity index (χ2n) is 9.18. The Bertz CT molecular complexity index is 966. The summed E-state index contributed by atoms with van der Waals surface area (Å²) in [7, 11) is 0. The van der Waals surface area contributed by atoms with Crippen LogP contribution in [0.4, 0.5) is 5.69 Å². The Balaban J connectivity index is 1.41. The Morgan fingerprint density at radius 3 is 2.62 bits per heavy atom. The van der Waals surface area contributed by atoms with Gasteiger partial charge in [0, 0.05) is 18.8 Å². The first kappa shape index (κ1) is 24.5. The Labute approximate surface area is 205 Å². The van der Waals surface area contributed by atoms with E-state index in [9.17, 15) is 0 Å². The second-order valence-corrected chi connectivity index (χ2v) is 9.18. The third-order valence-electron chi connectivity index (χ3n) is 6.64. The van der Waals surface area contributed by atoms with Crippen molar-refractivity contribution in [3.05, 3.63) is 95.1 Å². The molecule has 1 unspecified atom stereocenters. The molecule has 1 aliphatic heterocycles. The number of anilines is 1. The summed E-state index contributed by atoms with van der Waals surface area (Å²) in [6.45, 7) is 4.76. The van der Waals surface area contributed by atoms with Crippen LogP contribution in [-0.4, -0.2) is 26.0 Å². The number of hydrogen-bond acceptors (Lipinski definition) is 3. The summed E-state index contributed by atoms with van der Waals surface area (Å²) in [5.74, 6) is 0. The van der Waals surface area contributed by atoms with Gasteiger partial charge < -0.3 is 14.8 Å². The van der Waals surface area contributed by atoms with Crippen LogP contribution in [0, 0.1) is 0 Å². The third kappa shape index (κ3) is 7.19. The van der Waals surface area contributed by atoms with Gasteiger partial charge in [-0.3, -0.25) is 0 Å². The van der Waals surface area contributed by atoms with Crippen LogP contribution in [0.15, 0.2) is 84.0 Å². The van der Waals surface area contributed by atoms with E-state index >= 15 is 0 Å². The lowest BCUT2D eigenvalue weighted by Crippen LogP contribution is -2.23. The summed E-state index contributed by atoms with van der Waals surface area (Å²) in [5, 5.41) is 3.55. The van der Waals surface area contributed by atoms with Crippen molar-refractivity contribution in [3.63, 3.8) is 0 Å². The Morgan fingerprint density at radius 1 is 1.06 bits per heavy atom. The van der Waals surface area contributed by atoms with Gasteiger partial charge in [0.2, 0.25) is 0 Å². The van der Waals surface area contributed by atoms with Crippen molar-refractivity contribution in [1.29, 1.82) is 0 Å². The number of benzene rings is 2. The quantitative estimate of drug-likeness (QED) is 0.350. The zero-order chi connectivity index (χ0) is 23.4. The van der Waals surface area contributed by atoms with Crippen LogP contribution in [0.1, 0.15) is 63.0 Å². The fourth-order valence-corrected chi connectivity index (χ4v) is 4.78. The van der Waals surface area contributed by atoms with Crippen molar-refractivity contribution >= 4 is 11.3 Å². The molecule has 0 amide bonds. The maximum Gasteiger partial charge on any atom is 0.157 e. The van der Waals surface area contributed by atoms with Crippen LogP contribution < -0.4 is 5.32 Å². The fraction of sp³-hybridized carbons (Fsp3) is 0.419. The zero-order valence-corrected chi connectivity index (χ0v) is 20.6. The van der Waals surface area contributed by atoms with Gasteiger partial charge in [0.05, 0.1) is 6.61 Å². The monoisotopic (exact) mass is 457 g/mol. The summed E-state index contributed by atoms with van der Waals surface area (Å²) in [6.07, 6.45) is 15.4. The molecule has 0 bridgehead atoms. The number of hydrogen-bond donors (Lipinski definition) is 1. The molecule has 0 spiro atoms. The number of allylic oxidation sites excluding steroid dienone is 6. The van der Waals surface area contributed by atoms with E-state index in [-0.39, 0.29) is 6.29 Å². The molecular formula is C31H39NO2. The minimum absolute atomic E-state index is 0.00539. The molecule has 1 fully saturated rings. The van der Waals surface area contributed by atoms with Crippen LogP contribution in [-0.2, 0) is 15.9 Å². The average Bonchev–Trinajstić information content (AvgIpc) is 2.91. The van der Waals surface area contributed by atoms with Crippen molar-refractivity contribution in [2.45, 2.75) is 64.6 Å². The van der Waals surface area contributed by atoms with Gasteiger partial charge in [-0.2, -0.15) is 0 Å². The standard InChI is InChI=1S/C31H39NO2/c1-2-26(24-25-12-5-3-6-13-25)31(27-14-7-4-8-15-27)28-17-19-29(20-18-28)32-21-11-23-34-30-16-9-10-22-33-30/h3-7,12-14,17-20,30,32H,2,8-11,15-16,21-24H2,1H3/b31-26-. The Kier molecular flexibility index (Phi) is 9.60. The summed E-state index contributed by atoms with van der Waals surface area (Å²) < 4.78 is 11.5. The Hall–Kier alpha value is -2.62. The molecule has 4 rings (SSSR count). The van der Waals surface area contributed by atoms with Crippen molar-refractivity contribution in [3.8, 4) is 0 Å². The van der Waals surface area contributed by atoms with Crippen LogP contribution >= 0.6 is 0 Å². The number of nitrogens with one attached hydrogen (secondary N) is 1. The van der Waals surface area contributed by atoms with Gasteiger partial charge in [-0.15, -0.1) is 0 Å². The maximum atomic E-state index is 5.85. The highest BCUT2D eigenvalue weighted by molar-refractivity contribution is 5.83. The first-order valence-electron chi connectivity index (χ1n) is 13.0. The van der Waals surface area contributed by atoms with Crippen molar-refractivity contribution < 1.29 is 9.47 Å². The lowest BCUT2D eigenvalue weighted by atomic mass is 9.85. The molecule has 2 aromatic rings. The zero-order valence-electron chi connectivity index (χ0n) is 20.6. The fourth-order valence-electron chi connectivity index (χ4n) is 4.78. The highest BCUT2D eigenvalue weighted by atomic mass is 16.7. The van der Waals surface area contributed by atoms with Crippen molar-refractivity contribution in [1.82, 2.24) is 0 Å². The van der Waals surface area contributed by atoms with E-state index in [1.165, 1.54) is 34.3 Å². The van der Waals surface area contributed by atoms with Gasteiger partial charge >= 0.3 is 0 Å². The third-order valence-corrected chi connectivity index (χ3v) is 6.64. The molecule has 3 heteroatoms. The van der Waals surface area contributed by atoms with Crippen LogP contribution in [0.3, 0.4) is 0 Å². The highest BCUT2D eigenvalue weighted by Gasteiger charge is 2.15. The lowest BCUT2D eigenvalue weighted by molar-refractivity contribution is -0.162. The first-order valence-corrected chi connectivity index (χ1v) is 13.0. The molecule has 0 radical (unpaired) electrons. The first-order chi connectivity index (χ1) is 16.8. The topological polar surface area (TPSA) is 30.5 Å². The largest absolute Gasteiger partial charge is 0.385 e. The summed E-state index contributed by atoms with van der Waals surface area (Å²) >= 11 is 0. The van der Waals surface area contributed by atoms with E-state index in [0.29, 0.717) is 0 Å². The lowest BCUT2D eigenvalue weighted by Gasteiger charge is -2.22. The smallest absolute Gasteiger partial charge is 0.157 e. The molecule has 1 aliphatic carbocycles. The van der Waals surface area contributed by atoms with E-state index < -0.39 is 0 Å². The van der Waals surface area contributed by atoms with Crippen LogP contribution in [0.5, 0.6) is 0 Å². The van der Waals surface area contributed by atoms with Gasteiger partial charge in [-0.1, -0.05) is 73.2 Å². The molecule has 2 aliphatic rings. The van der Waals surface area contributed by atoms with Gasteiger partial charge in [-0.25, -0.2) is 0 Å². The Morgan fingerprint density at radius 2 is 1.91 bits per heavy atom. The number of ether oxygens (including phenoxy) is 2. The average molecular weight is 458 g/mol. The van der Waals surface area contributed by atoms with Gasteiger partial charge in [0.15, 0.2) is 6.29 Å². The van der Waals surface area contributed by atoms with Crippen LogP contribution in [0.2, 0.25) is 0 Å². The van der Waals surface area contributed by atoms with Crippen LogP contribution in [0.25, 0.3) is 5.57 Å². The van der Waals surface area contributed by atoms with Crippen molar-refractivity contribution in [2.24, 2.45) is 0 Å². The summed E-state index contributed by atoms with van der Waals surface area (Å²) in [5.41, 5.74) is 8.26. The molecule has 2 aromatic carbocycles. The minimum Gasteiger partial charge on any atom is -0.385 e. The predicted molar refractivity (Wildman–Crippen MR) is 143 cm³/mol. The molecule has 1 saturated heterocycles. The highest BCUT2D eigenvalue weighted by Crippen LogP contribution is 2.35. The minimum atomic E-state index is 0.00539. The molecule has 1 heterocycles. The van der Waals surface area contributed by atoms with E-state index in [1.54, 1.807) is 0 Å². The second kappa shape index (κ2) is 13.3. The van der Waals surface area contributed by atoms with Gasteiger partial charge in [0.25, 0.3) is 0 Å². The SMILES string of the molecule is CC/C(Cc1ccccc1)=C(\C1=CC=CCC1)c1ccc(NCCCOC2CCCCO2)cc1. The molecule has 0 saturated carbocycles. The molecule has 180 valence electrons. The predicted octanol–water partition coefficient (Wildman–Crippen LogP) is 7.71.